The first-order chi connectivity index (χ1) is 23.6. The molecule has 0 aliphatic heterocycles. The van der Waals surface area contributed by atoms with Gasteiger partial charge in [0.2, 0.25) is 5.91 Å². The minimum atomic E-state index is -0.741. The number of nitrogens with zero attached hydrogens (tertiary/aromatic N) is 2. The van der Waals surface area contributed by atoms with E-state index in [1.807, 2.05) is 44.2 Å². The first kappa shape index (κ1) is 34.4. The van der Waals surface area contributed by atoms with E-state index >= 15 is 0 Å². The lowest BCUT2D eigenvalue weighted by Gasteiger charge is -2.17. The summed E-state index contributed by atoms with van der Waals surface area (Å²) in [4.78, 5) is 56.2. The third-order valence-electron chi connectivity index (χ3n) is 7.95. The molecule has 0 radical (unpaired) electrons. The van der Waals surface area contributed by atoms with E-state index in [4.69, 9.17) is 15.9 Å². The Labute approximate surface area is 283 Å². The average Bonchev–Trinajstić information content (AvgIpc) is 3.92. The molecule has 13 heteroatoms. The molecule has 0 saturated heterocycles. The lowest BCUT2D eigenvalue weighted by Crippen LogP contribution is -2.34. The van der Waals surface area contributed by atoms with Crippen molar-refractivity contribution in [2.24, 2.45) is 0 Å². The molecule has 1 atom stereocenters. The largest absolute Gasteiger partial charge is 0.444 e. The van der Waals surface area contributed by atoms with E-state index in [9.17, 15) is 19.2 Å². The van der Waals surface area contributed by atoms with Crippen LogP contribution in [0.25, 0.3) is 11.3 Å². The monoisotopic (exact) mass is 664 g/mol. The number of nitrogen functional groups attached to an aromatic ring is 1. The number of rotatable bonds is 13. The van der Waals surface area contributed by atoms with E-state index < -0.39 is 17.6 Å². The normalized spacial score (nSPS) is 12.8. The van der Waals surface area contributed by atoms with Crippen LogP contribution in [-0.4, -0.2) is 45.4 Å². The van der Waals surface area contributed by atoms with Gasteiger partial charge in [-0.2, -0.15) is 0 Å². The van der Waals surface area contributed by atoms with Crippen LogP contribution in [0, 0.1) is 5.41 Å². The molecule has 5 rings (SSSR count). The Hall–Kier alpha value is -5.98. The van der Waals surface area contributed by atoms with Crippen LogP contribution in [0.15, 0.2) is 83.8 Å². The number of hydrogen-bond acceptors (Lipinski definition) is 9. The first-order valence-corrected chi connectivity index (χ1v) is 16.1. The average molecular weight is 665 g/mol. The highest BCUT2D eigenvalue weighted by atomic mass is 16.5. The van der Waals surface area contributed by atoms with Gasteiger partial charge in [0.25, 0.3) is 11.5 Å². The molecule has 3 amide bonds. The number of benzene rings is 3. The van der Waals surface area contributed by atoms with E-state index in [0.29, 0.717) is 28.1 Å². The van der Waals surface area contributed by atoms with Crippen molar-refractivity contribution in [2.45, 2.75) is 64.9 Å². The predicted octanol–water partition coefficient (Wildman–Crippen LogP) is 4.16. The molecular weight excluding hydrogens is 624 g/mol. The smallest absolute Gasteiger partial charge is 0.413 e. The number of anilines is 2. The molecule has 0 bridgehead atoms. The molecule has 1 aliphatic rings. The number of nitrogens with one attached hydrogen (secondary N) is 5. The second kappa shape index (κ2) is 15.7. The number of hydrogen-bond donors (Lipinski definition) is 6. The van der Waals surface area contributed by atoms with Crippen LogP contribution < -0.4 is 32.6 Å². The zero-order valence-corrected chi connectivity index (χ0v) is 27.4. The maximum absolute atomic E-state index is 13.6. The highest BCUT2D eigenvalue weighted by Crippen LogP contribution is 2.26. The highest BCUT2D eigenvalue weighted by Gasteiger charge is 2.24. The van der Waals surface area contributed by atoms with Gasteiger partial charge in [0.05, 0.1) is 11.9 Å². The summed E-state index contributed by atoms with van der Waals surface area (Å²) in [5.74, 6) is -0.705. The quantitative estimate of drug-likeness (QED) is 0.0697. The zero-order chi connectivity index (χ0) is 34.9. The molecule has 0 unspecified atom stereocenters. The number of amides is 3. The molecule has 3 aromatic carbocycles. The Bertz CT molecular complexity index is 1890. The Balaban J connectivity index is 1.25. The van der Waals surface area contributed by atoms with Crippen molar-refractivity contribution in [3.05, 3.63) is 112 Å². The Morgan fingerprint density at radius 2 is 1.76 bits per heavy atom. The minimum Gasteiger partial charge on any atom is -0.444 e. The van der Waals surface area contributed by atoms with E-state index in [0.717, 1.165) is 30.4 Å². The summed E-state index contributed by atoms with van der Waals surface area (Å²) < 4.78 is 6.50. The fraction of sp³-hybridized carbons (Fsp3) is 0.278. The maximum Gasteiger partial charge on any atom is 0.413 e. The van der Waals surface area contributed by atoms with Crippen LogP contribution in [0.5, 0.6) is 0 Å². The van der Waals surface area contributed by atoms with Crippen molar-refractivity contribution in [2.75, 3.05) is 11.1 Å². The van der Waals surface area contributed by atoms with E-state index in [-0.39, 0.29) is 49.3 Å². The fourth-order valence-electron chi connectivity index (χ4n) is 4.86. The van der Waals surface area contributed by atoms with Gasteiger partial charge in [-0.3, -0.25) is 29.7 Å². The number of carbonyl (C=O) groups is 3. The van der Waals surface area contributed by atoms with Gasteiger partial charge in [-0.15, -0.1) is 0 Å². The summed E-state index contributed by atoms with van der Waals surface area (Å²) in [6.45, 7) is 3.80. The van der Waals surface area contributed by atoms with Gasteiger partial charge in [0.1, 0.15) is 19.0 Å². The second-order valence-corrected chi connectivity index (χ2v) is 12.0. The summed E-state index contributed by atoms with van der Waals surface area (Å²) in [6, 6.07) is 20.9. The molecule has 1 heterocycles. The van der Waals surface area contributed by atoms with Crippen molar-refractivity contribution in [3.63, 3.8) is 0 Å². The van der Waals surface area contributed by atoms with Crippen LogP contribution in [-0.2, 0) is 29.2 Å². The van der Waals surface area contributed by atoms with Crippen LogP contribution in [0.3, 0.4) is 0 Å². The first-order valence-electron chi connectivity index (χ1n) is 16.1. The van der Waals surface area contributed by atoms with Gasteiger partial charge in [-0.05, 0) is 55.5 Å². The van der Waals surface area contributed by atoms with E-state index in [2.05, 4.69) is 26.3 Å². The maximum atomic E-state index is 13.6. The number of amidine groups is 1. The molecule has 4 aromatic rings. The highest BCUT2D eigenvalue weighted by molar-refractivity contribution is 6.04. The SMILES string of the molecule is CC[C@@H](C)NC(=O)c1cc(N)cc(-c2cnc(NC3CC3)c(=O)n2CC(=O)NCc2ccc(C(=N)NC(=O)OCc3ccccc3)cc2)c1. The van der Waals surface area contributed by atoms with Gasteiger partial charge in [0.15, 0.2) is 5.82 Å². The molecule has 1 fully saturated rings. The van der Waals surface area contributed by atoms with Gasteiger partial charge in [-0.25, -0.2) is 9.78 Å². The van der Waals surface area contributed by atoms with E-state index in [1.165, 1.54) is 10.8 Å². The fourth-order valence-corrected chi connectivity index (χ4v) is 4.86. The molecule has 49 heavy (non-hydrogen) atoms. The molecule has 1 aromatic heterocycles. The molecule has 254 valence electrons. The Morgan fingerprint density at radius 1 is 1.02 bits per heavy atom. The van der Waals surface area contributed by atoms with Crippen LogP contribution in [0.1, 0.15) is 60.2 Å². The third-order valence-corrected chi connectivity index (χ3v) is 7.95. The molecule has 13 nitrogen and oxygen atoms in total. The lowest BCUT2D eigenvalue weighted by atomic mass is 10.1. The molecular formula is C36H40N8O5. The van der Waals surface area contributed by atoms with E-state index in [1.54, 1.807) is 42.5 Å². The molecule has 1 saturated carbocycles. The third kappa shape index (κ3) is 9.53. The van der Waals surface area contributed by atoms with Crippen LogP contribution in [0.2, 0.25) is 0 Å². The topological polar surface area (TPSA) is 193 Å². The van der Waals surface area contributed by atoms with Gasteiger partial charge >= 0.3 is 6.09 Å². The zero-order valence-electron chi connectivity index (χ0n) is 27.4. The number of aromatic nitrogens is 2. The van der Waals surface area contributed by atoms with Crippen molar-refractivity contribution >= 4 is 35.2 Å². The van der Waals surface area contributed by atoms with Crippen molar-refractivity contribution in [1.82, 2.24) is 25.5 Å². The summed E-state index contributed by atoms with van der Waals surface area (Å²) in [6.07, 6.45) is 3.38. The van der Waals surface area contributed by atoms with Crippen molar-refractivity contribution in [1.29, 1.82) is 5.41 Å². The van der Waals surface area contributed by atoms with Gasteiger partial charge in [0, 0.05) is 41.0 Å². The molecule has 0 spiro atoms. The summed E-state index contributed by atoms with van der Waals surface area (Å²) in [7, 11) is 0. The summed E-state index contributed by atoms with van der Waals surface area (Å²) >= 11 is 0. The van der Waals surface area contributed by atoms with Crippen molar-refractivity contribution in [3.8, 4) is 11.3 Å². The number of nitrogens with two attached hydrogens (primary N) is 1. The van der Waals surface area contributed by atoms with Crippen LogP contribution in [0.4, 0.5) is 16.3 Å². The Morgan fingerprint density at radius 3 is 2.45 bits per heavy atom. The standard InChI is InChI=1S/C36H40N8O5/c1-3-22(2)41-34(46)27-15-26(16-28(37)17-27)30-19-40-33(42-29-13-14-29)35(47)44(30)20-31(45)39-18-23-9-11-25(12-10-23)32(38)43-36(48)49-21-24-7-5-4-6-8-24/h4-12,15-17,19,22,29H,3,13-14,18,20-21,37H2,1-2H3,(H,39,45)(H,40,42)(H,41,46)(H2,38,43,48)/t22-/m1/s1. The Kier molecular flexibility index (Phi) is 11.0. The summed E-state index contributed by atoms with van der Waals surface area (Å²) in [5, 5.41) is 19.5. The predicted molar refractivity (Wildman–Crippen MR) is 187 cm³/mol. The number of carbonyl (C=O) groups excluding carboxylic acids is 3. The van der Waals surface area contributed by atoms with Crippen molar-refractivity contribution < 1.29 is 19.1 Å². The van der Waals surface area contributed by atoms with Crippen LogP contribution >= 0.6 is 0 Å². The summed E-state index contributed by atoms with van der Waals surface area (Å²) in [5.41, 5.74) is 9.19. The molecule has 7 N–H and O–H groups in total. The molecule has 1 aliphatic carbocycles. The van der Waals surface area contributed by atoms with Gasteiger partial charge in [-0.1, -0.05) is 61.5 Å². The minimum absolute atomic E-state index is 0.0392. The number of ether oxygens (including phenoxy) is 1. The van der Waals surface area contributed by atoms with Gasteiger partial charge < -0.3 is 26.4 Å². The lowest BCUT2D eigenvalue weighted by molar-refractivity contribution is -0.121. The number of alkyl carbamates (subject to hydrolysis) is 1. The second-order valence-electron chi connectivity index (χ2n) is 12.0.